The van der Waals surface area contributed by atoms with E-state index in [9.17, 15) is 0 Å². The van der Waals surface area contributed by atoms with Gasteiger partial charge in [-0.1, -0.05) is 32.8 Å². The van der Waals surface area contributed by atoms with Gasteiger partial charge in [0.1, 0.15) is 5.82 Å². The van der Waals surface area contributed by atoms with Crippen LogP contribution < -0.4 is 10.2 Å². The minimum Gasteiger partial charge on any atom is -0.357 e. The van der Waals surface area contributed by atoms with E-state index in [1.54, 1.807) is 0 Å². The second kappa shape index (κ2) is 8.25. The van der Waals surface area contributed by atoms with Crippen LogP contribution in [0.3, 0.4) is 0 Å². The Morgan fingerprint density at radius 3 is 2.50 bits per heavy atom. The zero-order chi connectivity index (χ0) is 14.2. The van der Waals surface area contributed by atoms with Crippen molar-refractivity contribution in [1.82, 2.24) is 10.3 Å². The average Bonchev–Trinajstić information content (AvgIpc) is 2.73. The van der Waals surface area contributed by atoms with Gasteiger partial charge in [-0.15, -0.1) is 0 Å². The summed E-state index contributed by atoms with van der Waals surface area (Å²) >= 11 is 0. The van der Waals surface area contributed by atoms with Crippen molar-refractivity contribution in [2.24, 2.45) is 5.92 Å². The molecule has 0 amide bonds. The quantitative estimate of drug-likeness (QED) is 0.804. The van der Waals surface area contributed by atoms with Crippen molar-refractivity contribution >= 4 is 5.82 Å². The molecular formula is C17H29N3. The molecule has 0 aromatic carbocycles. The summed E-state index contributed by atoms with van der Waals surface area (Å²) in [6.45, 7) is 8.88. The highest BCUT2D eigenvalue weighted by Gasteiger charge is 2.10. The van der Waals surface area contributed by atoms with Crippen molar-refractivity contribution < 1.29 is 0 Å². The second-order valence-electron chi connectivity index (χ2n) is 6.29. The Hall–Kier alpha value is -1.09. The van der Waals surface area contributed by atoms with Gasteiger partial charge in [0.05, 0.1) is 0 Å². The van der Waals surface area contributed by atoms with E-state index in [0.29, 0.717) is 0 Å². The lowest BCUT2D eigenvalue weighted by Crippen LogP contribution is -2.25. The van der Waals surface area contributed by atoms with E-state index in [2.05, 4.69) is 41.2 Å². The molecule has 1 fully saturated rings. The van der Waals surface area contributed by atoms with Crippen LogP contribution in [0.4, 0.5) is 5.82 Å². The zero-order valence-electron chi connectivity index (χ0n) is 13.1. The van der Waals surface area contributed by atoms with E-state index in [4.69, 9.17) is 0 Å². The molecule has 0 bridgehead atoms. The zero-order valence-corrected chi connectivity index (χ0v) is 13.1. The third-order valence-corrected chi connectivity index (χ3v) is 3.97. The van der Waals surface area contributed by atoms with Gasteiger partial charge in [0.15, 0.2) is 0 Å². The standard InChI is InChI=1S/C17H29N3/c1-15(2)9-10-18-13-16-7-8-17(19-14-16)20-11-5-3-4-6-12-20/h7-8,14-15,18H,3-6,9-13H2,1-2H3. The van der Waals surface area contributed by atoms with Gasteiger partial charge in [0.25, 0.3) is 0 Å². The van der Waals surface area contributed by atoms with Crippen LogP contribution in [-0.2, 0) is 6.54 Å². The lowest BCUT2D eigenvalue weighted by Gasteiger charge is -2.21. The SMILES string of the molecule is CC(C)CCNCc1ccc(N2CCCCCC2)nc1. The van der Waals surface area contributed by atoms with E-state index in [-0.39, 0.29) is 0 Å². The highest BCUT2D eigenvalue weighted by atomic mass is 15.2. The van der Waals surface area contributed by atoms with Crippen LogP contribution in [0.25, 0.3) is 0 Å². The van der Waals surface area contributed by atoms with Crippen LogP contribution >= 0.6 is 0 Å². The van der Waals surface area contributed by atoms with Crippen LogP contribution in [0, 0.1) is 5.92 Å². The van der Waals surface area contributed by atoms with E-state index in [1.807, 2.05) is 6.20 Å². The predicted molar refractivity (Wildman–Crippen MR) is 86.1 cm³/mol. The number of rotatable bonds is 6. The molecule has 1 N–H and O–H groups in total. The Morgan fingerprint density at radius 1 is 1.15 bits per heavy atom. The summed E-state index contributed by atoms with van der Waals surface area (Å²) in [7, 11) is 0. The minimum absolute atomic E-state index is 0.769. The lowest BCUT2D eigenvalue weighted by atomic mass is 10.1. The molecule has 1 aromatic heterocycles. The van der Waals surface area contributed by atoms with Crippen molar-refractivity contribution in [3.8, 4) is 0 Å². The van der Waals surface area contributed by atoms with Crippen LogP contribution in [0.5, 0.6) is 0 Å². The Bertz CT molecular complexity index is 364. The molecule has 1 aliphatic heterocycles. The van der Waals surface area contributed by atoms with Gasteiger partial charge in [0, 0.05) is 25.8 Å². The fraction of sp³-hybridized carbons (Fsp3) is 0.706. The maximum atomic E-state index is 4.64. The van der Waals surface area contributed by atoms with Crippen LogP contribution in [0.15, 0.2) is 18.3 Å². The first-order valence-electron chi connectivity index (χ1n) is 8.16. The summed E-state index contributed by atoms with van der Waals surface area (Å²) in [6, 6.07) is 4.40. The molecule has 20 heavy (non-hydrogen) atoms. The summed E-state index contributed by atoms with van der Waals surface area (Å²) in [6.07, 6.45) is 8.62. The summed E-state index contributed by atoms with van der Waals surface area (Å²) in [4.78, 5) is 7.08. The number of aromatic nitrogens is 1. The second-order valence-corrected chi connectivity index (χ2v) is 6.29. The van der Waals surface area contributed by atoms with Crippen LogP contribution in [0.2, 0.25) is 0 Å². The molecule has 1 aromatic rings. The van der Waals surface area contributed by atoms with Gasteiger partial charge < -0.3 is 10.2 Å². The molecule has 3 nitrogen and oxygen atoms in total. The largest absolute Gasteiger partial charge is 0.357 e. The summed E-state index contributed by atoms with van der Waals surface area (Å²) < 4.78 is 0. The normalized spacial score (nSPS) is 16.4. The Labute approximate surface area is 123 Å². The third kappa shape index (κ3) is 5.12. The summed E-state index contributed by atoms with van der Waals surface area (Å²) in [5.41, 5.74) is 1.28. The molecule has 0 aliphatic carbocycles. The molecule has 0 unspecified atom stereocenters. The maximum Gasteiger partial charge on any atom is 0.128 e. The van der Waals surface area contributed by atoms with Crippen LogP contribution in [0.1, 0.15) is 51.5 Å². The molecule has 1 aliphatic rings. The van der Waals surface area contributed by atoms with Gasteiger partial charge in [0.2, 0.25) is 0 Å². The van der Waals surface area contributed by atoms with E-state index < -0.39 is 0 Å². The molecule has 3 heteroatoms. The molecular weight excluding hydrogens is 246 g/mol. The van der Waals surface area contributed by atoms with Crippen molar-refractivity contribution in [1.29, 1.82) is 0 Å². The Balaban J connectivity index is 1.79. The van der Waals surface area contributed by atoms with Crippen molar-refractivity contribution in [3.63, 3.8) is 0 Å². The summed E-state index contributed by atoms with van der Waals surface area (Å²) in [5, 5.41) is 3.49. The van der Waals surface area contributed by atoms with Gasteiger partial charge in [-0.3, -0.25) is 0 Å². The topological polar surface area (TPSA) is 28.2 Å². The first-order valence-corrected chi connectivity index (χ1v) is 8.16. The molecule has 0 atom stereocenters. The van der Waals surface area contributed by atoms with E-state index in [1.165, 1.54) is 50.8 Å². The van der Waals surface area contributed by atoms with Gasteiger partial charge in [-0.25, -0.2) is 4.98 Å². The Kier molecular flexibility index (Phi) is 6.31. The van der Waals surface area contributed by atoms with Crippen LogP contribution in [-0.4, -0.2) is 24.6 Å². The first-order chi connectivity index (χ1) is 9.75. The molecule has 0 saturated carbocycles. The van der Waals surface area contributed by atoms with Gasteiger partial charge in [-0.2, -0.15) is 0 Å². The predicted octanol–water partition coefficient (Wildman–Crippen LogP) is 3.60. The third-order valence-electron chi connectivity index (χ3n) is 3.97. The number of nitrogens with zero attached hydrogens (tertiary/aromatic N) is 2. The molecule has 0 spiro atoms. The van der Waals surface area contributed by atoms with Gasteiger partial charge in [-0.05, 0) is 43.4 Å². The first kappa shape index (κ1) is 15.3. The number of anilines is 1. The molecule has 2 rings (SSSR count). The number of hydrogen-bond acceptors (Lipinski definition) is 3. The number of pyridine rings is 1. The van der Waals surface area contributed by atoms with Crippen molar-refractivity contribution in [2.45, 2.75) is 52.5 Å². The van der Waals surface area contributed by atoms with E-state index >= 15 is 0 Å². The highest BCUT2D eigenvalue weighted by Crippen LogP contribution is 2.17. The lowest BCUT2D eigenvalue weighted by molar-refractivity contribution is 0.537. The van der Waals surface area contributed by atoms with E-state index in [0.717, 1.165) is 24.8 Å². The minimum atomic E-state index is 0.769. The molecule has 2 heterocycles. The van der Waals surface area contributed by atoms with Crippen molar-refractivity contribution in [3.05, 3.63) is 23.9 Å². The fourth-order valence-corrected chi connectivity index (χ4v) is 2.63. The number of hydrogen-bond donors (Lipinski definition) is 1. The van der Waals surface area contributed by atoms with Gasteiger partial charge >= 0.3 is 0 Å². The molecule has 0 radical (unpaired) electrons. The maximum absolute atomic E-state index is 4.64. The Morgan fingerprint density at radius 2 is 1.90 bits per heavy atom. The molecule has 1 saturated heterocycles. The average molecular weight is 275 g/mol. The summed E-state index contributed by atoms with van der Waals surface area (Å²) in [5.74, 6) is 1.92. The smallest absolute Gasteiger partial charge is 0.128 e. The monoisotopic (exact) mass is 275 g/mol. The van der Waals surface area contributed by atoms with Crippen molar-refractivity contribution in [2.75, 3.05) is 24.5 Å². The highest BCUT2D eigenvalue weighted by molar-refractivity contribution is 5.39. The fourth-order valence-electron chi connectivity index (χ4n) is 2.63. The number of nitrogens with one attached hydrogen (secondary N) is 1. The molecule has 112 valence electrons.